The number of nitro groups is 1. The zero-order valence-electron chi connectivity index (χ0n) is 13.0. The molecule has 0 fully saturated rings. The molecule has 0 aliphatic carbocycles. The molecule has 0 unspecified atom stereocenters. The summed E-state index contributed by atoms with van der Waals surface area (Å²) in [6.45, 7) is 0. The number of ether oxygens (including phenoxy) is 1. The quantitative estimate of drug-likeness (QED) is 0.555. The summed E-state index contributed by atoms with van der Waals surface area (Å²) in [5.74, 6) is 0.260. The molecule has 8 nitrogen and oxygen atoms in total. The monoisotopic (exact) mass is 356 g/mol. The van der Waals surface area contributed by atoms with Gasteiger partial charge < -0.3 is 10.1 Å². The van der Waals surface area contributed by atoms with Crippen molar-refractivity contribution in [2.75, 3.05) is 12.4 Å². The maximum Gasteiger partial charge on any atom is 0.271 e. The Morgan fingerprint density at radius 3 is 2.68 bits per heavy atom. The van der Waals surface area contributed by atoms with E-state index in [2.05, 4.69) is 14.9 Å². The van der Waals surface area contributed by atoms with Gasteiger partial charge in [0.25, 0.3) is 11.6 Å². The third-order valence-corrected chi connectivity index (χ3v) is 4.10. The largest absolute Gasteiger partial charge is 0.497 e. The molecular formula is C16H12N4O4S. The maximum absolute atomic E-state index is 12.5. The van der Waals surface area contributed by atoms with Crippen molar-refractivity contribution in [3.05, 3.63) is 63.5 Å². The Balaban J connectivity index is 1.85. The zero-order valence-corrected chi connectivity index (χ0v) is 13.8. The number of nitrogens with zero attached hydrogens (tertiary/aromatic N) is 3. The van der Waals surface area contributed by atoms with Crippen LogP contribution in [0.2, 0.25) is 0 Å². The molecule has 2 aromatic carbocycles. The minimum atomic E-state index is -0.521. The summed E-state index contributed by atoms with van der Waals surface area (Å²) in [4.78, 5) is 23.1. The number of rotatable bonds is 5. The Morgan fingerprint density at radius 2 is 2.00 bits per heavy atom. The van der Waals surface area contributed by atoms with Crippen LogP contribution in [0.1, 0.15) is 9.67 Å². The Hall–Kier alpha value is -3.33. The molecule has 3 aromatic rings. The topological polar surface area (TPSA) is 107 Å². The normalized spacial score (nSPS) is 10.3. The number of amides is 1. The van der Waals surface area contributed by atoms with E-state index in [0.717, 1.165) is 17.1 Å². The first-order chi connectivity index (χ1) is 12.1. The van der Waals surface area contributed by atoms with E-state index in [1.165, 1.54) is 18.2 Å². The Kier molecular flexibility index (Phi) is 4.66. The van der Waals surface area contributed by atoms with Gasteiger partial charge in [0, 0.05) is 23.4 Å². The minimum Gasteiger partial charge on any atom is -0.497 e. The molecule has 1 heterocycles. The average molecular weight is 356 g/mol. The number of carbonyl (C=O) groups excluding carboxylic acids is 1. The number of non-ortho nitro benzene ring substituents is 1. The fraction of sp³-hybridized carbons (Fsp3) is 0.0625. The van der Waals surface area contributed by atoms with Gasteiger partial charge in [0.1, 0.15) is 16.3 Å². The maximum atomic E-state index is 12.5. The molecule has 0 saturated carbocycles. The van der Waals surface area contributed by atoms with Crippen LogP contribution < -0.4 is 10.1 Å². The van der Waals surface area contributed by atoms with Crippen molar-refractivity contribution < 1.29 is 14.5 Å². The van der Waals surface area contributed by atoms with Crippen LogP contribution >= 0.6 is 11.5 Å². The number of nitrogens with one attached hydrogen (secondary N) is 1. The molecule has 0 radical (unpaired) electrons. The molecule has 1 N–H and O–H groups in total. The number of aromatic nitrogens is 2. The first-order valence-electron chi connectivity index (χ1n) is 7.11. The van der Waals surface area contributed by atoms with Crippen LogP contribution in [-0.2, 0) is 0 Å². The minimum absolute atomic E-state index is 0.101. The van der Waals surface area contributed by atoms with Crippen LogP contribution in [0.25, 0.3) is 11.3 Å². The summed E-state index contributed by atoms with van der Waals surface area (Å²) in [5, 5.41) is 17.5. The molecule has 0 aliphatic heterocycles. The summed E-state index contributed by atoms with van der Waals surface area (Å²) in [6, 6.07) is 12.8. The first-order valence-corrected chi connectivity index (χ1v) is 7.88. The average Bonchev–Trinajstić information content (AvgIpc) is 3.12. The Bertz CT molecular complexity index is 924. The predicted octanol–water partition coefficient (Wildman–Crippen LogP) is 3.37. The lowest BCUT2D eigenvalue weighted by atomic mass is 10.1. The first kappa shape index (κ1) is 16.5. The Labute approximate surface area is 146 Å². The zero-order chi connectivity index (χ0) is 17.8. The molecule has 9 heteroatoms. The van der Waals surface area contributed by atoms with E-state index in [1.54, 1.807) is 37.4 Å². The van der Waals surface area contributed by atoms with Crippen LogP contribution in [-0.4, -0.2) is 27.5 Å². The van der Waals surface area contributed by atoms with Gasteiger partial charge >= 0.3 is 0 Å². The van der Waals surface area contributed by atoms with E-state index in [-0.39, 0.29) is 5.69 Å². The second kappa shape index (κ2) is 7.05. The van der Waals surface area contributed by atoms with Crippen LogP contribution in [0.3, 0.4) is 0 Å². The van der Waals surface area contributed by atoms with Gasteiger partial charge in [-0.15, -0.1) is 5.10 Å². The van der Waals surface area contributed by atoms with E-state index in [9.17, 15) is 14.9 Å². The van der Waals surface area contributed by atoms with E-state index >= 15 is 0 Å². The van der Waals surface area contributed by atoms with Gasteiger partial charge in [0.15, 0.2) is 0 Å². The SMILES string of the molecule is COc1ccc(-c2nnsc2C(=O)Nc2cccc([N+](=O)[O-])c2)cc1. The third kappa shape index (κ3) is 3.61. The molecule has 25 heavy (non-hydrogen) atoms. The summed E-state index contributed by atoms with van der Waals surface area (Å²) < 4.78 is 8.95. The highest BCUT2D eigenvalue weighted by molar-refractivity contribution is 7.08. The Morgan fingerprint density at radius 1 is 1.24 bits per heavy atom. The van der Waals surface area contributed by atoms with Crippen molar-refractivity contribution in [2.24, 2.45) is 0 Å². The van der Waals surface area contributed by atoms with E-state index in [0.29, 0.717) is 22.0 Å². The van der Waals surface area contributed by atoms with Crippen LogP contribution in [0.4, 0.5) is 11.4 Å². The van der Waals surface area contributed by atoms with Crippen LogP contribution in [0.15, 0.2) is 48.5 Å². The highest BCUT2D eigenvalue weighted by Gasteiger charge is 2.18. The third-order valence-electron chi connectivity index (χ3n) is 3.37. The highest BCUT2D eigenvalue weighted by atomic mass is 32.1. The lowest BCUT2D eigenvalue weighted by Gasteiger charge is -2.05. The molecule has 0 aliphatic rings. The molecule has 0 spiro atoms. The van der Waals surface area contributed by atoms with Crippen molar-refractivity contribution in [1.82, 2.24) is 9.59 Å². The number of carbonyl (C=O) groups is 1. The summed E-state index contributed by atoms with van der Waals surface area (Å²) in [5.41, 5.74) is 1.39. The van der Waals surface area contributed by atoms with Crippen molar-refractivity contribution in [3.63, 3.8) is 0 Å². The fourth-order valence-electron chi connectivity index (χ4n) is 2.16. The van der Waals surface area contributed by atoms with Gasteiger partial charge in [-0.1, -0.05) is 10.6 Å². The molecule has 0 bridgehead atoms. The van der Waals surface area contributed by atoms with E-state index < -0.39 is 10.8 Å². The van der Waals surface area contributed by atoms with Crippen molar-refractivity contribution in [3.8, 4) is 17.0 Å². The van der Waals surface area contributed by atoms with Crippen LogP contribution in [0, 0.1) is 10.1 Å². The molecule has 3 rings (SSSR count). The van der Waals surface area contributed by atoms with Crippen molar-refractivity contribution in [1.29, 1.82) is 0 Å². The van der Waals surface area contributed by atoms with Gasteiger partial charge in [-0.05, 0) is 41.9 Å². The number of anilines is 1. The van der Waals surface area contributed by atoms with Gasteiger partial charge in [0.05, 0.1) is 12.0 Å². The molecular weight excluding hydrogens is 344 g/mol. The summed E-state index contributed by atoms with van der Waals surface area (Å²) >= 11 is 0.954. The fourth-order valence-corrected chi connectivity index (χ4v) is 2.75. The van der Waals surface area contributed by atoms with Crippen molar-refractivity contribution >= 4 is 28.8 Å². The number of hydrogen-bond donors (Lipinski definition) is 1. The van der Waals surface area contributed by atoms with Gasteiger partial charge in [-0.3, -0.25) is 14.9 Å². The predicted molar refractivity (Wildman–Crippen MR) is 92.9 cm³/mol. The number of nitro benzene ring substituents is 1. The smallest absolute Gasteiger partial charge is 0.271 e. The number of methoxy groups -OCH3 is 1. The lowest BCUT2D eigenvalue weighted by Crippen LogP contribution is -2.11. The standard InChI is InChI=1S/C16H12N4O4S/c1-24-13-7-5-10(6-8-13)14-15(25-19-18-14)16(21)17-11-3-2-4-12(9-11)20(22)23/h2-9H,1H3,(H,17,21). The molecule has 0 saturated heterocycles. The summed E-state index contributed by atoms with van der Waals surface area (Å²) in [6.07, 6.45) is 0. The second-order valence-electron chi connectivity index (χ2n) is 4.94. The molecule has 0 atom stereocenters. The number of hydrogen-bond acceptors (Lipinski definition) is 7. The van der Waals surface area contributed by atoms with E-state index in [4.69, 9.17) is 4.74 Å². The lowest BCUT2D eigenvalue weighted by molar-refractivity contribution is -0.384. The number of benzene rings is 2. The highest BCUT2D eigenvalue weighted by Crippen LogP contribution is 2.27. The van der Waals surface area contributed by atoms with Gasteiger partial charge in [-0.2, -0.15) is 0 Å². The van der Waals surface area contributed by atoms with Crippen molar-refractivity contribution in [2.45, 2.75) is 0 Å². The summed E-state index contributed by atoms with van der Waals surface area (Å²) in [7, 11) is 1.57. The van der Waals surface area contributed by atoms with Gasteiger partial charge in [-0.25, -0.2) is 0 Å². The molecule has 126 valence electrons. The van der Waals surface area contributed by atoms with Crippen LogP contribution in [0.5, 0.6) is 5.75 Å². The molecule has 1 amide bonds. The van der Waals surface area contributed by atoms with E-state index in [1.807, 2.05) is 0 Å². The molecule has 1 aromatic heterocycles. The van der Waals surface area contributed by atoms with Gasteiger partial charge in [0.2, 0.25) is 0 Å². The second-order valence-corrected chi connectivity index (χ2v) is 5.69.